The molecule has 3 heterocycles. The molecule has 0 saturated carbocycles. The van der Waals surface area contributed by atoms with Crippen molar-refractivity contribution in [3.63, 3.8) is 0 Å². The average Bonchev–Trinajstić information content (AvgIpc) is 3.12. The molecule has 0 fully saturated rings. The number of hydrogen-bond donors (Lipinski definition) is 0. The van der Waals surface area contributed by atoms with Crippen LogP contribution in [0.25, 0.3) is 44.0 Å². The van der Waals surface area contributed by atoms with Gasteiger partial charge in [-0.2, -0.15) is 5.10 Å². The second-order valence-electron chi connectivity index (χ2n) is 7.33. The van der Waals surface area contributed by atoms with Gasteiger partial charge in [-0.25, -0.2) is 14.5 Å². The summed E-state index contributed by atoms with van der Waals surface area (Å²) >= 11 is 0. The van der Waals surface area contributed by atoms with E-state index in [2.05, 4.69) is 29.8 Å². The molecule has 6 heteroatoms. The Bertz CT molecular complexity index is 1450. The van der Waals surface area contributed by atoms with Crippen LogP contribution in [0.4, 0.5) is 5.69 Å². The molecule has 0 saturated heterocycles. The largest absolute Gasteiger partial charge is 0.422 e. The number of pyridine rings is 1. The summed E-state index contributed by atoms with van der Waals surface area (Å²) < 4.78 is 7.47. The van der Waals surface area contributed by atoms with Crippen molar-refractivity contribution in [1.29, 1.82) is 0 Å². The summed E-state index contributed by atoms with van der Waals surface area (Å²) in [5, 5.41) is 7.80. The number of hydrogen-bond acceptors (Lipinski definition) is 5. The average molecular weight is 398 g/mol. The second kappa shape index (κ2) is 6.99. The van der Waals surface area contributed by atoms with Crippen LogP contribution in [-0.2, 0) is 7.05 Å². The quantitative estimate of drug-likeness (QED) is 0.323. The van der Waals surface area contributed by atoms with Crippen molar-refractivity contribution in [2.45, 2.75) is 13.8 Å². The maximum atomic E-state index is 12.9. The van der Waals surface area contributed by atoms with E-state index in [1.165, 1.54) is 0 Å². The Balaban J connectivity index is 1.93. The van der Waals surface area contributed by atoms with Gasteiger partial charge >= 0.3 is 5.63 Å². The SMILES string of the molecule is CCN(CC)c1ccc2c(c1)oc(=O)c1cnc3c(c(-c4ccccc4)nn3C)c12. The summed E-state index contributed by atoms with van der Waals surface area (Å²) in [6.07, 6.45) is 1.59. The number of aryl methyl sites for hydroxylation is 1. The summed E-state index contributed by atoms with van der Waals surface area (Å²) in [6.45, 7) is 5.99. The molecule has 5 rings (SSSR count). The molecular formula is C24H22N4O2. The highest BCUT2D eigenvalue weighted by molar-refractivity contribution is 6.20. The Hall–Kier alpha value is -3.67. The third-order valence-electron chi connectivity index (χ3n) is 5.69. The minimum absolute atomic E-state index is 0.383. The topological polar surface area (TPSA) is 64.2 Å². The van der Waals surface area contributed by atoms with Gasteiger partial charge in [-0.05, 0) is 26.0 Å². The second-order valence-corrected chi connectivity index (χ2v) is 7.33. The van der Waals surface area contributed by atoms with Gasteiger partial charge in [0.15, 0.2) is 5.65 Å². The highest BCUT2D eigenvalue weighted by Gasteiger charge is 2.19. The van der Waals surface area contributed by atoms with Crippen LogP contribution >= 0.6 is 0 Å². The lowest BCUT2D eigenvalue weighted by Gasteiger charge is -2.21. The maximum Gasteiger partial charge on any atom is 0.345 e. The van der Waals surface area contributed by atoms with Crippen molar-refractivity contribution >= 4 is 38.5 Å². The van der Waals surface area contributed by atoms with Crippen LogP contribution in [-0.4, -0.2) is 27.9 Å². The fourth-order valence-corrected chi connectivity index (χ4v) is 4.19. The van der Waals surface area contributed by atoms with E-state index in [4.69, 9.17) is 9.52 Å². The highest BCUT2D eigenvalue weighted by atomic mass is 16.4. The Kier molecular flexibility index (Phi) is 4.28. The number of anilines is 1. The molecule has 0 unspecified atom stereocenters. The lowest BCUT2D eigenvalue weighted by atomic mass is 10.0. The van der Waals surface area contributed by atoms with Crippen LogP contribution in [0.15, 0.2) is 63.9 Å². The van der Waals surface area contributed by atoms with E-state index < -0.39 is 0 Å². The van der Waals surface area contributed by atoms with Gasteiger partial charge < -0.3 is 9.32 Å². The van der Waals surface area contributed by atoms with Gasteiger partial charge in [-0.3, -0.25) is 0 Å². The third kappa shape index (κ3) is 2.68. The number of aromatic nitrogens is 3. The highest BCUT2D eigenvalue weighted by Crippen LogP contribution is 2.36. The van der Waals surface area contributed by atoms with Crippen LogP contribution < -0.4 is 10.5 Å². The van der Waals surface area contributed by atoms with Gasteiger partial charge in [0.2, 0.25) is 0 Å². The van der Waals surface area contributed by atoms with Gasteiger partial charge in [-0.15, -0.1) is 0 Å². The first kappa shape index (κ1) is 18.4. The Morgan fingerprint density at radius 2 is 1.77 bits per heavy atom. The fourth-order valence-electron chi connectivity index (χ4n) is 4.19. The molecule has 0 aliphatic carbocycles. The van der Waals surface area contributed by atoms with E-state index in [-0.39, 0.29) is 5.63 Å². The summed E-state index contributed by atoms with van der Waals surface area (Å²) in [6, 6.07) is 16.1. The zero-order valence-electron chi connectivity index (χ0n) is 17.2. The van der Waals surface area contributed by atoms with Crippen LogP contribution in [0, 0.1) is 0 Å². The van der Waals surface area contributed by atoms with Crippen molar-refractivity contribution in [2.24, 2.45) is 7.05 Å². The Morgan fingerprint density at radius 1 is 1.00 bits per heavy atom. The molecule has 0 aliphatic heterocycles. The molecule has 5 aromatic rings. The Labute approximate surface area is 173 Å². The summed E-state index contributed by atoms with van der Waals surface area (Å²) in [5.41, 5.74) is 3.76. The smallest absolute Gasteiger partial charge is 0.345 e. The number of nitrogens with zero attached hydrogens (tertiary/aromatic N) is 4. The Morgan fingerprint density at radius 3 is 2.50 bits per heavy atom. The summed E-state index contributed by atoms with van der Waals surface area (Å²) in [5.74, 6) is 0. The minimum Gasteiger partial charge on any atom is -0.422 e. The zero-order chi connectivity index (χ0) is 20.8. The molecule has 0 amide bonds. The summed E-state index contributed by atoms with van der Waals surface area (Å²) in [7, 11) is 1.87. The van der Waals surface area contributed by atoms with Crippen molar-refractivity contribution < 1.29 is 4.42 Å². The number of fused-ring (bicyclic) bond motifs is 5. The molecule has 30 heavy (non-hydrogen) atoms. The third-order valence-corrected chi connectivity index (χ3v) is 5.69. The molecule has 150 valence electrons. The standard InChI is InChI=1S/C24H22N4O2/c1-4-28(5-2)16-11-12-17-19(13-16)30-24(29)18-14-25-23-21(20(17)18)22(26-27(23)3)15-9-7-6-8-10-15/h6-14H,4-5H2,1-3H3. The zero-order valence-corrected chi connectivity index (χ0v) is 17.2. The minimum atomic E-state index is -0.383. The van der Waals surface area contributed by atoms with Crippen molar-refractivity contribution in [2.75, 3.05) is 18.0 Å². The molecule has 0 spiro atoms. The number of benzene rings is 2. The van der Waals surface area contributed by atoms with E-state index in [1.54, 1.807) is 10.9 Å². The van der Waals surface area contributed by atoms with Crippen molar-refractivity contribution in [3.05, 3.63) is 65.1 Å². The first-order valence-corrected chi connectivity index (χ1v) is 10.1. The number of rotatable bonds is 4. The van der Waals surface area contributed by atoms with Gasteiger partial charge in [-0.1, -0.05) is 30.3 Å². The summed E-state index contributed by atoms with van der Waals surface area (Å²) in [4.78, 5) is 19.6. The van der Waals surface area contributed by atoms with Crippen LogP contribution in [0.3, 0.4) is 0 Å². The fraction of sp³-hybridized carbons (Fsp3) is 0.208. The molecule has 0 aliphatic rings. The molecule has 2 aromatic carbocycles. The van der Waals surface area contributed by atoms with E-state index in [0.29, 0.717) is 11.0 Å². The van der Waals surface area contributed by atoms with Gasteiger partial charge in [0, 0.05) is 54.4 Å². The van der Waals surface area contributed by atoms with E-state index >= 15 is 0 Å². The van der Waals surface area contributed by atoms with Crippen LogP contribution in [0.2, 0.25) is 0 Å². The predicted octanol–water partition coefficient (Wildman–Crippen LogP) is 4.74. The molecule has 0 atom stereocenters. The van der Waals surface area contributed by atoms with E-state index in [0.717, 1.165) is 51.8 Å². The normalized spacial score (nSPS) is 11.6. The lowest BCUT2D eigenvalue weighted by Crippen LogP contribution is -2.21. The molecular weight excluding hydrogens is 376 g/mol. The molecule has 0 radical (unpaired) electrons. The van der Waals surface area contributed by atoms with E-state index in [1.807, 2.05) is 49.5 Å². The maximum absolute atomic E-state index is 12.9. The first-order chi connectivity index (χ1) is 14.6. The van der Waals surface area contributed by atoms with Crippen molar-refractivity contribution in [3.8, 4) is 11.3 Å². The predicted molar refractivity (Wildman–Crippen MR) is 121 cm³/mol. The molecule has 3 aromatic heterocycles. The van der Waals surface area contributed by atoms with Crippen molar-refractivity contribution in [1.82, 2.24) is 14.8 Å². The van der Waals surface area contributed by atoms with Crippen LogP contribution in [0.5, 0.6) is 0 Å². The van der Waals surface area contributed by atoms with Gasteiger partial charge in [0.1, 0.15) is 11.3 Å². The first-order valence-electron chi connectivity index (χ1n) is 10.1. The molecule has 0 bridgehead atoms. The monoisotopic (exact) mass is 398 g/mol. The van der Waals surface area contributed by atoms with Gasteiger partial charge in [0.05, 0.1) is 10.8 Å². The van der Waals surface area contributed by atoms with Gasteiger partial charge in [0.25, 0.3) is 0 Å². The lowest BCUT2D eigenvalue weighted by molar-refractivity contribution is 0.569. The molecule has 0 N–H and O–H groups in total. The molecule has 6 nitrogen and oxygen atoms in total. The van der Waals surface area contributed by atoms with Crippen LogP contribution in [0.1, 0.15) is 13.8 Å². The van der Waals surface area contributed by atoms with E-state index in [9.17, 15) is 4.79 Å².